The third-order valence-electron chi connectivity index (χ3n) is 4.07. The lowest BCUT2D eigenvalue weighted by molar-refractivity contribution is -0.666. The Bertz CT molecular complexity index is 328. The van der Waals surface area contributed by atoms with Crippen molar-refractivity contribution in [2.24, 2.45) is 0 Å². The molecule has 0 radical (unpaired) electrons. The maximum Gasteiger partial charge on any atom is 0.252 e. The van der Waals surface area contributed by atoms with Crippen molar-refractivity contribution in [2.75, 3.05) is 33.3 Å². The number of piperazine rings is 2. The first-order valence-electron chi connectivity index (χ1n) is 6.18. The van der Waals surface area contributed by atoms with Crippen molar-refractivity contribution >= 4 is 11.8 Å². The van der Waals surface area contributed by atoms with Crippen molar-refractivity contribution < 1.29 is 19.6 Å². The predicted molar refractivity (Wildman–Crippen MR) is 58.1 cm³/mol. The smallest absolute Gasteiger partial charge is 0.252 e. The third kappa shape index (κ3) is 1.55. The van der Waals surface area contributed by atoms with E-state index in [0.717, 1.165) is 6.54 Å². The molecule has 3 rings (SSSR count). The molecule has 3 atom stereocenters. The van der Waals surface area contributed by atoms with Crippen LogP contribution < -0.4 is 5.32 Å². The van der Waals surface area contributed by atoms with Gasteiger partial charge in [0.1, 0.15) is 12.6 Å². The summed E-state index contributed by atoms with van der Waals surface area (Å²) in [6, 6.07) is -0.523. The van der Waals surface area contributed by atoms with Crippen LogP contribution in [0.5, 0.6) is 0 Å². The van der Waals surface area contributed by atoms with Crippen LogP contribution in [0.2, 0.25) is 0 Å². The highest BCUT2D eigenvalue weighted by Gasteiger charge is 2.51. The number of rotatable bonds is 1. The summed E-state index contributed by atoms with van der Waals surface area (Å²) >= 11 is 0. The average molecular weight is 240 g/mol. The Hall–Kier alpha value is -1.14. The molecule has 0 aromatic rings. The zero-order chi connectivity index (χ0) is 12.0. The molecule has 0 unspecified atom stereocenters. The summed E-state index contributed by atoms with van der Waals surface area (Å²) in [5.74, 6) is 0.215. The van der Waals surface area contributed by atoms with Crippen molar-refractivity contribution in [1.29, 1.82) is 0 Å². The van der Waals surface area contributed by atoms with E-state index in [-0.39, 0.29) is 30.0 Å². The minimum Gasteiger partial charge on any atom is -0.380 e. The number of ether oxygens (including phenoxy) is 1. The summed E-state index contributed by atoms with van der Waals surface area (Å²) in [5.41, 5.74) is 0. The maximum absolute atomic E-state index is 12.3. The molecule has 94 valence electrons. The van der Waals surface area contributed by atoms with Gasteiger partial charge in [-0.3, -0.25) is 9.59 Å². The number of quaternary nitrogens is 1. The van der Waals surface area contributed by atoms with E-state index in [1.54, 1.807) is 16.9 Å². The van der Waals surface area contributed by atoms with Gasteiger partial charge in [-0.05, 0) is 0 Å². The molecule has 3 saturated heterocycles. The first kappa shape index (κ1) is 11.0. The average Bonchev–Trinajstić information content (AvgIpc) is 2.80. The second-order valence-electron chi connectivity index (χ2n) is 4.96. The molecular weight excluding hydrogens is 222 g/mol. The van der Waals surface area contributed by atoms with E-state index in [1.807, 2.05) is 0 Å². The highest BCUT2D eigenvalue weighted by atomic mass is 16.5. The predicted octanol–water partition coefficient (Wildman–Crippen LogP) is -2.61. The molecule has 0 aromatic heterocycles. The Morgan fingerprint density at radius 1 is 1.24 bits per heavy atom. The van der Waals surface area contributed by atoms with Crippen molar-refractivity contribution in [3.63, 3.8) is 0 Å². The Morgan fingerprint density at radius 3 is 2.76 bits per heavy atom. The van der Waals surface area contributed by atoms with Crippen LogP contribution in [-0.2, 0) is 14.3 Å². The van der Waals surface area contributed by atoms with Gasteiger partial charge >= 0.3 is 0 Å². The topological polar surface area (TPSA) is 66.5 Å². The Labute approximate surface area is 99.9 Å². The van der Waals surface area contributed by atoms with E-state index in [2.05, 4.69) is 5.32 Å². The second-order valence-corrected chi connectivity index (χ2v) is 4.96. The standard InChI is InChI=1S/C11H17N3O3/c1-17-7-4-8-10(15)13-3-2-12-5-9(13)11(16)14(8)6-7/h7-9,12H,2-6H2,1H3/p+1/t7-,8+,9+/m1/s1. The van der Waals surface area contributed by atoms with Crippen LogP contribution in [0.25, 0.3) is 0 Å². The van der Waals surface area contributed by atoms with Crippen LogP contribution in [-0.4, -0.2) is 73.1 Å². The highest BCUT2D eigenvalue weighted by Crippen LogP contribution is 2.28. The third-order valence-corrected chi connectivity index (χ3v) is 4.07. The van der Waals surface area contributed by atoms with Crippen molar-refractivity contribution in [2.45, 2.75) is 24.6 Å². The number of nitrogens with zero attached hydrogens (tertiary/aromatic N) is 2. The maximum atomic E-state index is 12.3. The molecule has 0 spiro atoms. The monoisotopic (exact) mass is 240 g/mol. The van der Waals surface area contributed by atoms with Crippen molar-refractivity contribution in [1.82, 2.24) is 9.80 Å². The van der Waals surface area contributed by atoms with Gasteiger partial charge in [-0.2, -0.15) is 0 Å². The van der Waals surface area contributed by atoms with Crippen LogP contribution in [0.15, 0.2) is 0 Å². The van der Waals surface area contributed by atoms with E-state index in [1.165, 1.54) is 0 Å². The molecule has 3 heterocycles. The summed E-state index contributed by atoms with van der Waals surface area (Å²) in [6.45, 7) is 2.86. The quantitative estimate of drug-likeness (QED) is 0.546. The van der Waals surface area contributed by atoms with Gasteiger partial charge in [0, 0.05) is 20.1 Å². The number of hydrogen-bond acceptors (Lipinski definition) is 3. The lowest BCUT2D eigenvalue weighted by Gasteiger charge is -2.43. The number of fused-ring (bicyclic) bond motifs is 2. The molecule has 2 amide bonds. The number of amides is 2. The van der Waals surface area contributed by atoms with Gasteiger partial charge in [-0.15, -0.1) is 0 Å². The van der Waals surface area contributed by atoms with Crippen LogP contribution in [0.3, 0.4) is 0 Å². The molecule has 3 aliphatic rings. The summed E-state index contributed by atoms with van der Waals surface area (Å²) in [7, 11) is 1.64. The first-order valence-corrected chi connectivity index (χ1v) is 6.18. The Kier molecular flexibility index (Phi) is 2.56. The van der Waals surface area contributed by atoms with Gasteiger partial charge in [0.2, 0.25) is 5.91 Å². The molecule has 0 aromatic carbocycles. The molecule has 6 heteroatoms. The van der Waals surface area contributed by atoms with Crippen molar-refractivity contribution in [3.8, 4) is 0 Å². The molecule has 6 nitrogen and oxygen atoms in total. The van der Waals surface area contributed by atoms with E-state index < -0.39 is 0 Å². The molecular formula is C11H18N3O3+. The number of nitrogens with two attached hydrogens (primary N) is 1. The summed E-state index contributed by atoms with van der Waals surface area (Å²) < 4.78 is 5.28. The normalized spacial score (nSPS) is 37.1. The van der Waals surface area contributed by atoms with Crippen LogP contribution >= 0.6 is 0 Å². The van der Waals surface area contributed by atoms with E-state index in [0.29, 0.717) is 26.1 Å². The van der Waals surface area contributed by atoms with Gasteiger partial charge in [0.15, 0.2) is 6.04 Å². The van der Waals surface area contributed by atoms with E-state index in [4.69, 9.17) is 4.74 Å². The van der Waals surface area contributed by atoms with Crippen LogP contribution in [0, 0.1) is 0 Å². The fourth-order valence-electron chi connectivity index (χ4n) is 3.12. The van der Waals surface area contributed by atoms with Crippen LogP contribution in [0.4, 0.5) is 0 Å². The van der Waals surface area contributed by atoms with Crippen LogP contribution in [0.1, 0.15) is 6.42 Å². The second kappa shape index (κ2) is 3.96. The molecule has 0 aliphatic carbocycles. The number of hydrogen-bond donors (Lipinski definition) is 1. The molecule has 0 saturated carbocycles. The first-order chi connectivity index (χ1) is 8.22. The minimum atomic E-state index is -0.276. The summed E-state index contributed by atoms with van der Waals surface area (Å²) in [6.07, 6.45) is 0.659. The zero-order valence-corrected chi connectivity index (χ0v) is 9.96. The molecule has 2 N–H and O–H groups in total. The molecule has 0 bridgehead atoms. The number of carbonyl (C=O) groups is 2. The SMILES string of the molecule is CO[C@@H]1C[C@H]2C(=O)N3CC[NH2+]C[C@H]3C(=O)N2C1. The number of carbonyl (C=O) groups excluding carboxylic acids is 2. The summed E-state index contributed by atoms with van der Waals surface area (Å²) in [4.78, 5) is 28.1. The largest absolute Gasteiger partial charge is 0.380 e. The fourth-order valence-corrected chi connectivity index (χ4v) is 3.12. The van der Waals surface area contributed by atoms with Gasteiger partial charge in [-0.1, -0.05) is 0 Å². The minimum absolute atomic E-state index is 0.0123. The van der Waals surface area contributed by atoms with Crippen molar-refractivity contribution in [3.05, 3.63) is 0 Å². The molecule has 17 heavy (non-hydrogen) atoms. The zero-order valence-electron chi connectivity index (χ0n) is 9.96. The van der Waals surface area contributed by atoms with Gasteiger partial charge < -0.3 is 19.9 Å². The van der Waals surface area contributed by atoms with E-state index >= 15 is 0 Å². The van der Waals surface area contributed by atoms with E-state index in [9.17, 15) is 9.59 Å². The molecule has 3 aliphatic heterocycles. The lowest BCUT2D eigenvalue weighted by Crippen LogP contribution is -2.94. The Balaban J connectivity index is 1.87. The highest BCUT2D eigenvalue weighted by molar-refractivity contribution is 5.97. The fraction of sp³-hybridized carbons (Fsp3) is 0.818. The van der Waals surface area contributed by atoms with Gasteiger partial charge in [0.05, 0.1) is 19.2 Å². The summed E-state index contributed by atoms with van der Waals surface area (Å²) in [5, 5.41) is 2.11. The number of methoxy groups -OCH3 is 1. The lowest BCUT2D eigenvalue weighted by atomic mass is 10.0. The van der Waals surface area contributed by atoms with Gasteiger partial charge in [0.25, 0.3) is 5.91 Å². The van der Waals surface area contributed by atoms with Gasteiger partial charge in [-0.25, -0.2) is 0 Å². The Morgan fingerprint density at radius 2 is 2.00 bits per heavy atom. The molecule has 3 fully saturated rings.